The monoisotopic (exact) mass is 523 g/mol. The molecule has 1 aliphatic rings. The normalized spacial score (nSPS) is 17.4. The van der Waals surface area contributed by atoms with E-state index in [0.717, 1.165) is 30.6 Å². The molecule has 0 aromatic heterocycles. The summed E-state index contributed by atoms with van der Waals surface area (Å²) in [5, 5.41) is 15.9. The van der Waals surface area contributed by atoms with Crippen molar-refractivity contribution in [2.75, 3.05) is 13.1 Å². The number of nitrogens with zero attached hydrogens (tertiary/aromatic N) is 1. The van der Waals surface area contributed by atoms with Crippen LogP contribution in [0.15, 0.2) is 72.8 Å². The Morgan fingerprint density at radius 3 is 2.31 bits per heavy atom. The molecule has 0 bridgehead atoms. The molecule has 2 atom stereocenters. The molecule has 4 rings (SSSR count). The van der Waals surface area contributed by atoms with Crippen molar-refractivity contribution >= 4 is 24.8 Å². The van der Waals surface area contributed by atoms with Crippen LogP contribution in [0.2, 0.25) is 0 Å². The molecule has 9 heteroatoms. The van der Waals surface area contributed by atoms with Crippen molar-refractivity contribution in [1.29, 1.82) is 5.26 Å². The maximum absolute atomic E-state index is 13.0. The third kappa shape index (κ3) is 7.61. The van der Waals surface area contributed by atoms with E-state index in [2.05, 4.69) is 33.6 Å². The lowest BCUT2D eigenvalue weighted by Crippen LogP contribution is -2.45. The molecule has 0 saturated carbocycles. The van der Waals surface area contributed by atoms with E-state index in [1.54, 1.807) is 36.4 Å². The van der Waals surface area contributed by atoms with Crippen LogP contribution < -0.4 is 15.4 Å². The van der Waals surface area contributed by atoms with Gasteiger partial charge in [-0.3, -0.25) is 0 Å². The smallest absolute Gasteiger partial charge is 0.405 e. The molecule has 4 nitrogen and oxygen atoms in total. The molecule has 186 valence electrons. The Labute approximate surface area is 215 Å². The number of benzene rings is 3. The predicted molar refractivity (Wildman–Crippen MR) is 135 cm³/mol. The van der Waals surface area contributed by atoms with Crippen LogP contribution >= 0.6 is 24.8 Å². The molecule has 0 unspecified atom stereocenters. The summed E-state index contributed by atoms with van der Waals surface area (Å²) in [5.41, 5.74) is 3.73. The number of rotatable bonds is 6. The zero-order valence-corrected chi connectivity index (χ0v) is 20.4. The van der Waals surface area contributed by atoms with Crippen LogP contribution in [0.5, 0.6) is 5.75 Å². The number of nitrogens with one attached hydrogen (secondary N) is 2. The number of alkyl halides is 3. The minimum Gasteiger partial charge on any atom is -0.405 e. The summed E-state index contributed by atoms with van der Waals surface area (Å²) < 4.78 is 43.4. The maximum Gasteiger partial charge on any atom is 0.573 e. The Kier molecular flexibility index (Phi) is 10.4. The minimum atomic E-state index is -4.77. The van der Waals surface area contributed by atoms with Crippen molar-refractivity contribution in [3.05, 3.63) is 89.5 Å². The van der Waals surface area contributed by atoms with E-state index in [1.807, 2.05) is 18.2 Å². The van der Waals surface area contributed by atoms with Crippen LogP contribution in [0.3, 0.4) is 0 Å². The van der Waals surface area contributed by atoms with Gasteiger partial charge in [0.05, 0.1) is 11.6 Å². The van der Waals surface area contributed by atoms with Gasteiger partial charge in [0.2, 0.25) is 0 Å². The second kappa shape index (κ2) is 12.8. The van der Waals surface area contributed by atoms with Gasteiger partial charge in [-0.25, -0.2) is 0 Å². The number of piperidine rings is 1. The van der Waals surface area contributed by atoms with Gasteiger partial charge in [-0.2, -0.15) is 5.26 Å². The molecule has 35 heavy (non-hydrogen) atoms. The molecule has 3 aromatic carbocycles. The average molecular weight is 524 g/mol. The van der Waals surface area contributed by atoms with Gasteiger partial charge in [0.1, 0.15) is 5.75 Å². The van der Waals surface area contributed by atoms with E-state index in [9.17, 15) is 13.2 Å². The molecule has 0 amide bonds. The number of hydrogen-bond acceptors (Lipinski definition) is 4. The Morgan fingerprint density at radius 1 is 0.971 bits per heavy atom. The van der Waals surface area contributed by atoms with E-state index in [4.69, 9.17) is 5.26 Å². The lowest BCUT2D eigenvalue weighted by molar-refractivity contribution is -0.274. The van der Waals surface area contributed by atoms with Crippen molar-refractivity contribution < 1.29 is 17.9 Å². The van der Waals surface area contributed by atoms with Crippen LogP contribution in [0.4, 0.5) is 13.2 Å². The summed E-state index contributed by atoms with van der Waals surface area (Å²) in [6, 6.07) is 23.9. The van der Waals surface area contributed by atoms with Crippen LogP contribution in [0.1, 0.15) is 29.0 Å². The highest BCUT2D eigenvalue weighted by Crippen LogP contribution is 2.32. The van der Waals surface area contributed by atoms with Crippen molar-refractivity contribution in [1.82, 2.24) is 10.6 Å². The maximum atomic E-state index is 13.0. The van der Waals surface area contributed by atoms with Crippen LogP contribution in [0.25, 0.3) is 11.1 Å². The molecule has 0 radical (unpaired) electrons. The molecular weight excluding hydrogens is 498 g/mol. The fraction of sp³-hybridized carbons (Fsp3) is 0.269. The number of ether oxygens (including phenoxy) is 1. The third-order valence-electron chi connectivity index (χ3n) is 5.90. The Balaban J connectivity index is 0.00000216. The highest BCUT2D eigenvalue weighted by Gasteiger charge is 2.32. The molecule has 3 aromatic rings. The Hall–Kier alpha value is -2.76. The van der Waals surface area contributed by atoms with Gasteiger partial charge >= 0.3 is 6.36 Å². The Bertz CT molecular complexity index is 1120. The van der Waals surface area contributed by atoms with Crippen LogP contribution in [0, 0.1) is 11.3 Å². The standard InChI is InChI=1S/C26H24F3N3O.2ClH/c27-26(28,29)33-25-11-10-21(19-8-6-18(15-30)7-9-19)14-22(25)16-32-24-12-13-31-17-23(24)20-4-2-1-3-5-20;;/h1-11,14,23-24,31-32H,12-13,16-17H2;2*1H/t23-,24-;;/m0../s1. The second-order valence-corrected chi connectivity index (χ2v) is 8.06. The van der Waals surface area contributed by atoms with Crippen molar-refractivity contribution in [3.8, 4) is 22.9 Å². The highest BCUT2D eigenvalue weighted by molar-refractivity contribution is 5.85. The summed E-state index contributed by atoms with van der Waals surface area (Å²) in [5.74, 6) is 0.00577. The quantitative estimate of drug-likeness (QED) is 0.403. The first-order valence-corrected chi connectivity index (χ1v) is 10.8. The van der Waals surface area contributed by atoms with Crippen LogP contribution in [-0.2, 0) is 6.54 Å². The molecule has 1 saturated heterocycles. The summed E-state index contributed by atoms with van der Waals surface area (Å²) in [4.78, 5) is 0. The van der Waals surface area contributed by atoms with Gasteiger partial charge in [0, 0.05) is 30.6 Å². The van der Waals surface area contributed by atoms with Gasteiger partial charge < -0.3 is 15.4 Å². The SMILES string of the molecule is Cl.Cl.N#Cc1ccc(-c2ccc(OC(F)(F)F)c(CN[C@H]3CCNC[C@H]3c3ccccc3)c2)cc1. The summed E-state index contributed by atoms with van der Waals surface area (Å²) >= 11 is 0. The van der Waals surface area contributed by atoms with Gasteiger partial charge in [0.25, 0.3) is 0 Å². The van der Waals surface area contributed by atoms with Gasteiger partial charge in [0.15, 0.2) is 0 Å². The molecule has 1 fully saturated rings. The van der Waals surface area contributed by atoms with Crippen molar-refractivity contribution in [2.45, 2.75) is 31.3 Å². The Morgan fingerprint density at radius 2 is 1.66 bits per heavy atom. The fourth-order valence-corrected chi connectivity index (χ4v) is 4.25. The number of halogens is 5. The second-order valence-electron chi connectivity index (χ2n) is 8.06. The van der Waals surface area contributed by atoms with E-state index in [0.29, 0.717) is 11.1 Å². The average Bonchev–Trinajstić information content (AvgIpc) is 2.83. The third-order valence-corrected chi connectivity index (χ3v) is 5.90. The lowest BCUT2D eigenvalue weighted by atomic mass is 9.86. The first-order chi connectivity index (χ1) is 15.9. The zero-order chi connectivity index (χ0) is 23.3. The fourth-order valence-electron chi connectivity index (χ4n) is 4.25. The van der Waals surface area contributed by atoms with Gasteiger partial charge in [-0.15, -0.1) is 38.0 Å². The van der Waals surface area contributed by atoms with Gasteiger partial charge in [-0.05, 0) is 53.9 Å². The van der Waals surface area contributed by atoms with Crippen molar-refractivity contribution in [3.63, 3.8) is 0 Å². The topological polar surface area (TPSA) is 57.1 Å². The largest absolute Gasteiger partial charge is 0.573 e. The lowest BCUT2D eigenvalue weighted by Gasteiger charge is -2.33. The minimum absolute atomic E-state index is 0. The summed E-state index contributed by atoms with van der Waals surface area (Å²) in [6.07, 6.45) is -3.91. The molecule has 1 heterocycles. The van der Waals surface area contributed by atoms with Crippen LogP contribution in [-0.4, -0.2) is 25.5 Å². The van der Waals surface area contributed by atoms with E-state index >= 15 is 0 Å². The van der Waals surface area contributed by atoms with E-state index in [1.165, 1.54) is 11.6 Å². The van der Waals surface area contributed by atoms with E-state index < -0.39 is 6.36 Å². The van der Waals surface area contributed by atoms with Crippen molar-refractivity contribution in [2.24, 2.45) is 0 Å². The molecule has 2 N–H and O–H groups in total. The first kappa shape index (κ1) is 28.5. The molecule has 0 spiro atoms. The van der Waals surface area contributed by atoms with Gasteiger partial charge in [-0.1, -0.05) is 48.5 Å². The number of hydrogen-bond donors (Lipinski definition) is 2. The highest BCUT2D eigenvalue weighted by atomic mass is 35.5. The molecule has 0 aliphatic carbocycles. The zero-order valence-electron chi connectivity index (χ0n) is 18.7. The first-order valence-electron chi connectivity index (χ1n) is 10.8. The molecule has 1 aliphatic heterocycles. The molecular formula is C26H26Cl2F3N3O. The summed E-state index contributed by atoms with van der Waals surface area (Å²) in [6.45, 7) is 1.89. The number of nitriles is 1. The van der Waals surface area contributed by atoms with E-state index in [-0.39, 0.29) is 49.1 Å². The predicted octanol–water partition coefficient (Wildman–Crippen LogP) is 6.20. The summed E-state index contributed by atoms with van der Waals surface area (Å²) in [7, 11) is 0.